The number of rotatable bonds is 85. The summed E-state index contributed by atoms with van der Waals surface area (Å²) in [6, 6.07) is 0. The SMILES string of the molecule is CC/C=C\C/C=C\C/C=C\C/C=C\C/C=C\C/C=C\CCCCCCCCCCC(=O)OCC(COP(=O)(O)OCC(O)COP(=O)(O)OCC(O)COC(=O)CCCCCCCCCCCCCCCCCCCCC/C=C\C/C=C\C/C=C\C/C=C\C/C=C\CC)OC(=O)CCCCCCCCC/C=C\C/C=C\C/C=C\CC. The van der Waals surface area contributed by atoms with E-state index in [4.69, 9.17) is 32.3 Å². The lowest BCUT2D eigenvalue weighted by Crippen LogP contribution is -2.30. The molecule has 18 heteroatoms. The number of hydrogen-bond donors (Lipinski definition) is 4. The highest BCUT2D eigenvalue weighted by molar-refractivity contribution is 7.47. The smallest absolute Gasteiger partial charge is 0.463 e. The van der Waals surface area contributed by atoms with Crippen LogP contribution in [0.4, 0.5) is 0 Å². The highest BCUT2D eigenvalue weighted by Gasteiger charge is 2.29. The van der Waals surface area contributed by atoms with Crippen LogP contribution in [0.15, 0.2) is 170 Å². The lowest BCUT2D eigenvalue weighted by molar-refractivity contribution is -0.161. The van der Waals surface area contributed by atoms with Gasteiger partial charge >= 0.3 is 33.6 Å². The van der Waals surface area contributed by atoms with Crippen LogP contribution in [-0.2, 0) is 55.8 Å². The second-order valence-electron chi connectivity index (χ2n) is 30.0. The lowest BCUT2D eigenvalue weighted by Gasteiger charge is -2.21. The summed E-state index contributed by atoms with van der Waals surface area (Å²) in [6.07, 6.45) is 114. The zero-order valence-electron chi connectivity index (χ0n) is 72.4. The van der Waals surface area contributed by atoms with Gasteiger partial charge in [0.25, 0.3) is 0 Å². The molecule has 0 spiro atoms. The van der Waals surface area contributed by atoms with Crippen LogP contribution >= 0.6 is 15.6 Å². The van der Waals surface area contributed by atoms with Crippen molar-refractivity contribution in [3.8, 4) is 0 Å². The van der Waals surface area contributed by atoms with Gasteiger partial charge in [0.05, 0.1) is 26.4 Å². The predicted octanol–water partition coefficient (Wildman–Crippen LogP) is 27.9. The number of carbonyl (C=O) groups is 3. The summed E-state index contributed by atoms with van der Waals surface area (Å²) in [5.74, 6) is -1.59. The second kappa shape index (κ2) is 88.2. The first kappa shape index (κ1) is 110. The molecule has 0 saturated heterocycles. The quantitative estimate of drug-likeness (QED) is 0.0146. The minimum Gasteiger partial charge on any atom is -0.463 e. The second-order valence-corrected chi connectivity index (χ2v) is 32.9. The van der Waals surface area contributed by atoms with Gasteiger partial charge in [-0.15, -0.1) is 0 Å². The number of unbranched alkanes of at least 4 members (excludes halogenated alkanes) is 34. The molecule has 115 heavy (non-hydrogen) atoms. The zero-order chi connectivity index (χ0) is 83.6. The lowest BCUT2D eigenvalue weighted by atomic mass is 10.0. The van der Waals surface area contributed by atoms with Crippen molar-refractivity contribution < 1.29 is 75.8 Å². The van der Waals surface area contributed by atoms with Gasteiger partial charge in [0, 0.05) is 19.3 Å². The Balaban J connectivity index is 4.48. The van der Waals surface area contributed by atoms with Crippen LogP contribution in [0.1, 0.15) is 367 Å². The van der Waals surface area contributed by atoms with Gasteiger partial charge in [0.2, 0.25) is 0 Å². The van der Waals surface area contributed by atoms with Crippen LogP contribution in [0.25, 0.3) is 0 Å². The Morgan fingerprint density at radius 2 is 0.435 bits per heavy atom. The average Bonchev–Trinajstić information content (AvgIpc) is 0.872. The molecule has 0 heterocycles. The molecule has 0 amide bonds. The highest BCUT2D eigenvalue weighted by Crippen LogP contribution is 2.45. The van der Waals surface area contributed by atoms with E-state index in [0.29, 0.717) is 19.3 Å². The predicted molar refractivity (Wildman–Crippen MR) is 482 cm³/mol. The maximum atomic E-state index is 13.0. The van der Waals surface area contributed by atoms with Crippen molar-refractivity contribution in [1.82, 2.24) is 0 Å². The molecule has 0 aliphatic carbocycles. The molecule has 4 N–H and O–H groups in total. The van der Waals surface area contributed by atoms with Crippen molar-refractivity contribution in [2.24, 2.45) is 0 Å². The summed E-state index contributed by atoms with van der Waals surface area (Å²) in [6.45, 7) is 2.36. The number of aliphatic hydroxyl groups excluding tert-OH is 2. The number of hydrogen-bond acceptors (Lipinski definition) is 14. The Bertz CT molecular complexity index is 2770. The van der Waals surface area contributed by atoms with Crippen molar-refractivity contribution in [1.29, 1.82) is 0 Å². The molecule has 5 atom stereocenters. The van der Waals surface area contributed by atoms with E-state index in [1.807, 2.05) is 0 Å². The van der Waals surface area contributed by atoms with Crippen molar-refractivity contribution in [3.05, 3.63) is 170 Å². The molecule has 5 unspecified atom stereocenters. The fraction of sp³-hybridized carbons (Fsp3) is 0.680. The average molecular weight is 1650 g/mol. The third-order valence-electron chi connectivity index (χ3n) is 18.9. The van der Waals surface area contributed by atoms with E-state index in [-0.39, 0.29) is 19.3 Å². The van der Waals surface area contributed by atoms with Gasteiger partial charge in [0.1, 0.15) is 25.4 Å². The molecule has 0 fully saturated rings. The molecular formula is C97H164O16P2. The number of ether oxygens (including phenoxy) is 3. The zero-order valence-corrected chi connectivity index (χ0v) is 74.2. The Kier molecular flexibility index (Phi) is 84.3. The summed E-state index contributed by atoms with van der Waals surface area (Å²) in [4.78, 5) is 58.9. The number of esters is 3. The van der Waals surface area contributed by atoms with Gasteiger partial charge in [0.15, 0.2) is 6.10 Å². The summed E-state index contributed by atoms with van der Waals surface area (Å²) < 4.78 is 61.4. The Morgan fingerprint density at radius 1 is 0.243 bits per heavy atom. The monoisotopic (exact) mass is 1650 g/mol. The van der Waals surface area contributed by atoms with Crippen molar-refractivity contribution in [2.75, 3.05) is 39.6 Å². The molecule has 0 radical (unpaired) electrons. The van der Waals surface area contributed by atoms with Crippen molar-refractivity contribution in [2.45, 2.75) is 386 Å². The maximum Gasteiger partial charge on any atom is 0.472 e. The number of carbonyl (C=O) groups excluding carboxylic acids is 3. The third-order valence-corrected chi connectivity index (χ3v) is 20.8. The third kappa shape index (κ3) is 89.5. The molecule has 658 valence electrons. The molecular weight excluding hydrogens is 1480 g/mol. The molecule has 0 aliphatic heterocycles. The van der Waals surface area contributed by atoms with E-state index in [1.54, 1.807) is 0 Å². The number of phosphoric ester groups is 2. The minimum absolute atomic E-state index is 0.0872. The topological polar surface area (TPSA) is 231 Å². The van der Waals surface area contributed by atoms with Crippen LogP contribution in [0.3, 0.4) is 0 Å². The molecule has 0 aromatic rings. The first-order valence-electron chi connectivity index (χ1n) is 45.4. The van der Waals surface area contributed by atoms with Crippen LogP contribution < -0.4 is 0 Å². The molecule has 0 saturated carbocycles. The van der Waals surface area contributed by atoms with E-state index in [0.717, 1.165) is 193 Å². The summed E-state index contributed by atoms with van der Waals surface area (Å²) in [7, 11) is -9.81. The summed E-state index contributed by atoms with van der Waals surface area (Å²) >= 11 is 0. The van der Waals surface area contributed by atoms with E-state index < -0.39 is 91.5 Å². The largest absolute Gasteiger partial charge is 0.472 e. The van der Waals surface area contributed by atoms with Crippen molar-refractivity contribution in [3.63, 3.8) is 0 Å². The van der Waals surface area contributed by atoms with Crippen molar-refractivity contribution >= 4 is 33.6 Å². The van der Waals surface area contributed by atoms with Gasteiger partial charge in [-0.05, 0) is 148 Å². The minimum atomic E-state index is -4.95. The van der Waals surface area contributed by atoms with Gasteiger partial charge in [-0.1, -0.05) is 371 Å². The first-order chi connectivity index (χ1) is 56.2. The first-order valence-corrected chi connectivity index (χ1v) is 48.4. The van der Waals surface area contributed by atoms with Gasteiger partial charge < -0.3 is 34.2 Å². The molecule has 0 bridgehead atoms. The Hall–Kier alpha value is -5.09. The van der Waals surface area contributed by atoms with Crippen LogP contribution in [0, 0.1) is 0 Å². The molecule has 16 nitrogen and oxygen atoms in total. The Morgan fingerprint density at radius 3 is 0.687 bits per heavy atom. The van der Waals surface area contributed by atoms with Crippen LogP contribution in [0.5, 0.6) is 0 Å². The van der Waals surface area contributed by atoms with E-state index >= 15 is 0 Å². The summed E-state index contributed by atoms with van der Waals surface area (Å²) in [5.41, 5.74) is 0. The van der Waals surface area contributed by atoms with Gasteiger partial charge in [-0.2, -0.15) is 0 Å². The number of allylic oxidation sites excluding steroid dienone is 28. The number of aliphatic hydroxyl groups is 2. The highest BCUT2D eigenvalue weighted by atomic mass is 31.2. The fourth-order valence-electron chi connectivity index (χ4n) is 12.1. The number of phosphoric acid groups is 2. The maximum absolute atomic E-state index is 13.0. The summed E-state index contributed by atoms with van der Waals surface area (Å²) in [5, 5.41) is 20.7. The van der Waals surface area contributed by atoms with Gasteiger partial charge in [-0.3, -0.25) is 32.5 Å². The molecule has 0 aliphatic rings. The van der Waals surface area contributed by atoms with Gasteiger partial charge in [-0.25, -0.2) is 9.13 Å². The molecule has 0 rings (SSSR count). The van der Waals surface area contributed by atoms with E-state index in [2.05, 4.69) is 191 Å². The standard InChI is InChI=1S/C97H164O16P2/c1-4-7-10-13-16-19-22-25-28-31-33-35-37-39-41-42-43-44-45-46-47-48-50-52-53-55-57-60-62-65-68-71-74-77-80-83-95(100)107-86-92(98)87-109-114(103,104)110-88-93(99)89-111-115(105,106)112-91-94(113-97(102)85-82-79-76-73-70-67-64-59-30-27-24-21-18-15-12-9-6-3)90-108-96(101)84-81-78-75-72-69-66-63-61-58-56-54-51-49-40-38-36-34-32-29-26-23-20-17-14-11-8-5-2/h7-12,16-21,25-30,33-36,39-41,49,54,56,92-94,98-99H,4-6,13-15,22-24,31-32,37-38,42-48,50-53,55,57-91H2,1-3H3,(H,103,104)(H,105,106)/b10-7-,11-8-,12-9-,19-16-,20-17-,21-18-,28-25-,29-26-,30-27-,35-33-,36-34-,41-39-,49-40-,56-54-. The van der Waals surface area contributed by atoms with Crippen LogP contribution in [0.2, 0.25) is 0 Å². The molecule has 0 aromatic heterocycles. The van der Waals surface area contributed by atoms with E-state index in [9.17, 15) is 43.5 Å². The van der Waals surface area contributed by atoms with E-state index in [1.165, 1.54) is 116 Å². The fourth-order valence-corrected chi connectivity index (χ4v) is 13.7. The Labute approximate surface area is 701 Å². The molecule has 0 aromatic carbocycles. The normalized spacial score (nSPS) is 14.6. The van der Waals surface area contributed by atoms with Crippen LogP contribution in [-0.4, -0.2) is 95.9 Å².